The molecule has 1 N–H and O–H groups in total. The molecule has 1 aromatic heterocycles. The number of aromatic nitrogens is 3. The Kier molecular flexibility index (Phi) is 4.22. The highest BCUT2D eigenvalue weighted by molar-refractivity contribution is 5.70. The summed E-state index contributed by atoms with van der Waals surface area (Å²) in [4.78, 5) is 15.7. The number of nitrogens with zero attached hydrogens (tertiary/aromatic N) is 3. The van der Waals surface area contributed by atoms with E-state index in [1.807, 2.05) is 14.0 Å². The molecular weight excluding hydrogens is 242 g/mol. The van der Waals surface area contributed by atoms with Crippen LogP contribution in [0.1, 0.15) is 69.4 Å². The van der Waals surface area contributed by atoms with Gasteiger partial charge in [-0.05, 0) is 12.8 Å². The van der Waals surface area contributed by atoms with Crippen LogP contribution in [0.5, 0.6) is 0 Å². The number of hydrogen-bond donors (Lipinski definition) is 1. The zero-order valence-corrected chi connectivity index (χ0v) is 12.0. The Hall–Kier alpha value is -1.39. The van der Waals surface area contributed by atoms with Crippen molar-refractivity contribution < 1.29 is 9.90 Å². The number of carbonyl (C=O) groups is 1. The Bertz CT molecular complexity index is 450. The van der Waals surface area contributed by atoms with Crippen LogP contribution in [0.15, 0.2) is 0 Å². The molecule has 1 aliphatic carbocycles. The highest BCUT2D eigenvalue weighted by Gasteiger charge is 2.27. The standard InChI is InChI=1S/C14H23N3O2/c1-9(10(2)14(18)19)13-15-12(16-17(13)3)11-7-5-4-6-8-11/h9-11H,4-8H2,1-3H3,(H,18,19). The fraction of sp³-hybridized carbons (Fsp3) is 0.786. The summed E-state index contributed by atoms with van der Waals surface area (Å²) in [6.45, 7) is 3.63. The van der Waals surface area contributed by atoms with Crippen molar-refractivity contribution in [2.45, 2.75) is 57.8 Å². The number of hydrogen-bond acceptors (Lipinski definition) is 3. The SMILES string of the molecule is CC(C(=O)O)C(C)c1nc(C2CCCCC2)nn1C. The Labute approximate surface area is 114 Å². The maximum absolute atomic E-state index is 11.1. The third kappa shape index (κ3) is 2.96. The molecule has 1 fully saturated rings. The van der Waals surface area contributed by atoms with Gasteiger partial charge >= 0.3 is 5.97 Å². The predicted octanol–water partition coefficient (Wildman–Crippen LogP) is 2.69. The van der Waals surface area contributed by atoms with Crippen molar-refractivity contribution in [3.05, 3.63) is 11.6 Å². The minimum Gasteiger partial charge on any atom is -0.481 e. The number of carboxylic acids is 1. The first-order valence-corrected chi connectivity index (χ1v) is 7.14. The molecule has 2 atom stereocenters. The van der Waals surface area contributed by atoms with E-state index in [1.54, 1.807) is 11.6 Å². The van der Waals surface area contributed by atoms with Crippen LogP contribution in [0.2, 0.25) is 0 Å². The normalized spacial score (nSPS) is 20.2. The highest BCUT2D eigenvalue weighted by Crippen LogP contribution is 2.32. The fourth-order valence-electron chi connectivity index (χ4n) is 2.78. The Morgan fingerprint density at radius 2 is 1.95 bits per heavy atom. The molecule has 2 rings (SSSR count). The smallest absolute Gasteiger partial charge is 0.306 e. The van der Waals surface area contributed by atoms with E-state index in [1.165, 1.54) is 19.3 Å². The molecule has 2 unspecified atom stereocenters. The Morgan fingerprint density at radius 1 is 1.32 bits per heavy atom. The zero-order valence-electron chi connectivity index (χ0n) is 12.0. The third-order valence-electron chi connectivity index (χ3n) is 4.33. The van der Waals surface area contributed by atoms with E-state index in [2.05, 4.69) is 10.1 Å². The molecular formula is C14H23N3O2. The van der Waals surface area contributed by atoms with Gasteiger partial charge in [-0.3, -0.25) is 9.48 Å². The van der Waals surface area contributed by atoms with Crippen LogP contribution in [0.3, 0.4) is 0 Å². The predicted molar refractivity (Wildman–Crippen MR) is 72.0 cm³/mol. The largest absolute Gasteiger partial charge is 0.481 e. The van der Waals surface area contributed by atoms with Gasteiger partial charge < -0.3 is 5.11 Å². The van der Waals surface area contributed by atoms with Crippen molar-refractivity contribution in [3.8, 4) is 0 Å². The van der Waals surface area contributed by atoms with E-state index >= 15 is 0 Å². The molecule has 0 amide bonds. The summed E-state index contributed by atoms with van der Waals surface area (Å²) < 4.78 is 1.76. The van der Waals surface area contributed by atoms with Gasteiger partial charge in [-0.25, -0.2) is 4.98 Å². The number of aryl methyl sites for hydroxylation is 1. The first-order valence-electron chi connectivity index (χ1n) is 7.14. The molecule has 0 bridgehead atoms. The molecule has 1 aliphatic rings. The molecule has 0 aliphatic heterocycles. The zero-order chi connectivity index (χ0) is 14.0. The maximum atomic E-state index is 11.1. The Balaban J connectivity index is 2.18. The van der Waals surface area contributed by atoms with Crippen LogP contribution < -0.4 is 0 Å². The van der Waals surface area contributed by atoms with Crippen molar-refractivity contribution in [2.24, 2.45) is 13.0 Å². The van der Waals surface area contributed by atoms with E-state index in [9.17, 15) is 4.79 Å². The number of rotatable bonds is 4. The molecule has 5 nitrogen and oxygen atoms in total. The summed E-state index contributed by atoms with van der Waals surface area (Å²) in [6.07, 6.45) is 6.12. The first kappa shape index (κ1) is 14.0. The van der Waals surface area contributed by atoms with E-state index in [0.717, 1.165) is 24.5 Å². The lowest BCUT2D eigenvalue weighted by Gasteiger charge is -2.18. The second kappa shape index (κ2) is 5.72. The van der Waals surface area contributed by atoms with Gasteiger partial charge in [0.15, 0.2) is 5.82 Å². The van der Waals surface area contributed by atoms with Crippen LogP contribution in [0.25, 0.3) is 0 Å². The number of carboxylic acid groups (broad SMARTS) is 1. The van der Waals surface area contributed by atoms with Crippen LogP contribution in [-0.2, 0) is 11.8 Å². The van der Waals surface area contributed by atoms with Gasteiger partial charge in [0.25, 0.3) is 0 Å². The van der Waals surface area contributed by atoms with E-state index in [-0.39, 0.29) is 5.92 Å². The lowest BCUT2D eigenvalue weighted by molar-refractivity contribution is -0.141. The molecule has 1 aromatic rings. The molecule has 106 valence electrons. The molecule has 0 spiro atoms. The molecule has 0 saturated heterocycles. The van der Waals surface area contributed by atoms with E-state index in [0.29, 0.717) is 5.92 Å². The Morgan fingerprint density at radius 3 is 2.53 bits per heavy atom. The third-order valence-corrected chi connectivity index (χ3v) is 4.33. The van der Waals surface area contributed by atoms with Crippen LogP contribution in [-0.4, -0.2) is 25.8 Å². The van der Waals surface area contributed by atoms with Crippen molar-refractivity contribution in [1.82, 2.24) is 14.8 Å². The summed E-state index contributed by atoms with van der Waals surface area (Å²) in [5, 5.41) is 13.6. The summed E-state index contributed by atoms with van der Waals surface area (Å²) in [5.41, 5.74) is 0. The van der Waals surface area contributed by atoms with E-state index < -0.39 is 11.9 Å². The molecule has 1 saturated carbocycles. The van der Waals surface area contributed by atoms with Gasteiger partial charge in [0.1, 0.15) is 5.82 Å². The van der Waals surface area contributed by atoms with Gasteiger partial charge in [0, 0.05) is 18.9 Å². The average molecular weight is 265 g/mol. The lowest BCUT2D eigenvalue weighted by atomic mass is 9.89. The molecule has 0 radical (unpaired) electrons. The van der Waals surface area contributed by atoms with Crippen molar-refractivity contribution >= 4 is 5.97 Å². The quantitative estimate of drug-likeness (QED) is 0.908. The monoisotopic (exact) mass is 265 g/mol. The van der Waals surface area contributed by atoms with Crippen LogP contribution in [0, 0.1) is 5.92 Å². The summed E-state index contributed by atoms with van der Waals surface area (Å²) in [7, 11) is 1.86. The minimum absolute atomic E-state index is 0.118. The fourth-order valence-corrected chi connectivity index (χ4v) is 2.78. The van der Waals surface area contributed by atoms with Crippen molar-refractivity contribution in [2.75, 3.05) is 0 Å². The van der Waals surface area contributed by atoms with Crippen molar-refractivity contribution in [3.63, 3.8) is 0 Å². The topological polar surface area (TPSA) is 68.0 Å². The minimum atomic E-state index is -0.783. The van der Waals surface area contributed by atoms with E-state index in [4.69, 9.17) is 5.11 Å². The van der Waals surface area contributed by atoms with Crippen molar-refractivity contribution in [1.29, 1.82) is 0 Å². The van der Waals surface area contributed by atoms with Gasteiger partial charge in [-0.1, -0.05) is 33.1 Å². The average Bonchev–Trinajstić information content (AvgIpc) is 2.80. The second-order valence-corrected chi connectivity index (χ2v) is 5.70. The highest BCUT2D eigenvalue weighted by atomic mass is 16.4. The van der Waals surface area contributed by atoms with Gasteiger partial charge in [-0.2, -0.15) is 5.10 Å². The van der Waals surface area contributed by atoms with Crippen LogP contribution >= 0.6 is 0 Å². The first-order chi connectivity index (χ1) is 9.00. The second-order valence-electron chi connectivity index (χ2n) is 5.70. The maximum Gasteiger partial charge on any atom is 0.306 e. The summed E-state index contributed by atoms with van der Waals surface area (Å²) in [5.74, 6) is 0.808. The summed E-state index contributed by atoms with van der Waals surface area (Å²) >= 11 is 0. The lowest BCUT2D eigenvalue weighted by Crippen LogP contribution is -2.19. The molecule has 5 heteroatoms. The molecule has 19 heavy (non-hydrogen) atoms. The van der Waals surface area contributed by atoms with Gasteiger partial charge in [0.05, 0.1) is 5.92 Å². The van der Waals surface area contributed by atoms with Crippen LogP contribution in [0.4, 0.5) is 0 Å². The summed E-state index contributed by atoms with van der Waals surface area (Å²) in [6, 6.07) is 0. The molecule has 1 heterocycles. The molecule has 0 aromatic carbocycles. The van der Waals surface area contributed by atoms with Gasteiger partial charge in [0.2, 0.25) is 0 Å². The van der Waals surface area contributed by atoms with Gasteiger partial charge in [-0.15, -0.1) is 0 Å². The number of aliphatic carboxylic acids is 1.